The lowest BCUT2D eigenvalue weighted by Gasteiger charge is -2.45. The number of nitrogens with one attached hydrogen (secondary N) is 1. The molecule has 37 heavy (non-hydrogen) atoms. The Morgan fingerprint density at radius 2 is 1.59 bits per heavy atom. The largest absolute Gasteiger partial charge is 0.477 e. The molecule has 2 unspecified atom stereocenters. The molecule has 1 aliphatic heterocycles. The SMILES string of the molecule is C=CCOP(=O)(OCC=C)O[C@@H]1OC(COC(C)=O)[C@H](OC(C)=O)[C@H](OC(C)=O)C1NC(=O)CN=[N+]=[N-]. The van der Waals surface area contributed by atoms with Crippen molar-refractivity contribution in [3.8, 4) is 0 Å². The van der Waals surface area contributed by atoms with Gasteiger partial charge in [-0.25, -0.2) is 4.57 Å². The molecular weight excluding hydrogens is 519 g/mol. The van der Waals surface area contributed by atoms with Gasteiger partial charge >= 0.3 is 25.7 Å². The fourth-order valence-electron chi connectivity index (χ4n) is 2.99. The number of phosphoric ester groups is 1. The molecule has 17 heteroatoms. The number of phosphoric acid groups is 1. The van der Waals surface area contributed by atoms with Crippen LogP contribution in [0.2, 0.25) is 0 Å². The third kappa shape index (κ3) is 11.1. The second-order valence-corrected chi connectivity index (χ2v) is 8.82. The predicted molar refractivity (Wildman–Crippen MR) is 123 cm³/mol. The fraction of sp³-hybridized carbons (Fsp3) is 0.600. The first kappa shape index (κ1) is 31.8. The van der Waals surface area contributed by atoms with E-state index in [1.54, 1.807) is 0 Å². The molecule has 1 saturated heterocycles. The molecule has 16 nitrogen and oxygen atoms in total. The average Bonchev–Trinajstić information content (AvgIpc) is 2.82. The molecule has 0 radical (unpaired) electrons. The molecule has 0 spiro atoms. The van der Waals surface area contributed by atoms with Crippen molar-refractivity contribution >= 4 is 31.6 Å². The molecule has 0 bridgehead atoms. The van der Waals surface area contributed by atoms with Gasteiger partial charge in [0.25, 0.3) is 0 Å². The zero-order valence-corrected chi connectivity index (χ0v) is 21.4. The van der Waals surface area contributed by atoms with E-state index in [1.165, 1.54) is 12.2 Å². The number of amides is 1. The predicted octanol–water partition coefficient (Wildman–Crippen LogP) is 1.46. The highest BCUT2D eigenvalue weighted by molar-refractivity contribution is 7.48. The third-order valence-electron chi connectivity index (χ3n) is 4.24. The molecule has 1 rings (SSSR count). The Bertz CT molecular complexity index is 938. The lowest BCUT2D eigenvalue weighted by atomic mass is 9.96. The van der Waals surface area contributed by atoms with Gasteiger partial charge in [-0.3, -0.25) is 32.7 Å². The average molecular weight is 548 g/mol. The van der Waals surface area contributed by atoms with Gasteiger partial charge in [0, 0.05) is 25.7 Å². The van der Waals surface area contributed by atoms with Crippen molar-refractivity contribution in [2.24, 2.45) is 5.11 Å². The smallest absolute Gasteiger partial charge is 0.463 e. The molecule has 1 N–H and O–H groups in total. The van der Waals surface area contributed by atoms with Crippen molar-refractivity contribution in [1.82, 2.24) is 5.32 Å². The Morgan fingerprint density at radius 1 is 1.03 bits per heavy atom. The highest BCUT2D eigenvalue weighted by atomic mass is 31.2. The summed E-state index contributed by atoms with van der Waals surface area (Å²) >= 11 is 0. The summed E-state index contributed by atoms with van der Waals surface area (Å²) in [4.78, 5) is 50.1. The van der Waals surface area contributed by atoms with E-state index in [2.05, 4.69) is 28.5 Å². The molecule has 0 saturated carbocycles. The van der Waals surface area contributed by atoms with Crippen LogP contribution in [0.1, 0.15) is 20.8 Å². The standard InChI is InChI=1S/C20H29N4O12P/c1-6-8-31-37(29,32-9-7-2)36-20-17(23-16(28)10-22-24-21)19(34-14(5)27)18(33-13(4)26)15(35-20)11-30-12(3)25/h6-7,15,17-20H,1-2,8-11H2,3-5H3,(H,23,28)/t15?,17?,18-,19+,20-/m0/s1. The van der Waals surface area contributed by atoms with Crippen molar-refractivity contribution < 1.29 is 56.3 Å². The number of nitrogens with zero attached hydrogens (tertiary/aromatic N) is 3. The first-order chi connectivity index (χ1) is 17.5. The third-order valence-corrected chi connectivity index (χ3v) is 5.64. The Kier molecular flexibility index (Phi) is 13.5. The Hall–Kier alpha value is -3.26. The summed E-state index contributed by atoms with van der Waals surface area (Å²) in [5.41, 5.74) is 8.52. The number of ether oxygens (including phenoxy) is 4. The molecule has 1 amide bonds. The quantitative estimate of drug-likeness (QED) is 0.0586. The van der Waals surface area contributed by atoms with Crippen LogP contribution in [0.25, 0.3) is 10.4 Å². The van der Waals surface area contributed by atoms with Gasteiger partial charge in [0.05, 0.1) is 13.2 Å². The number of azide groups is 1. The van der Waals surface area contributed by atoms with E-state index in [0.717, 1.165) is 20.8 Å². The van der Waals surface area contributed by atoms with E-state index >= 15 is 0 Å². The summed E-state index contributed by atoms with van der Waals surface area (Å²) in [6.07, 6.45) is -3.53. The first-order valence-electron chi connectivity index (χ1n) is 10.7. The summed E-state index contributed by atoms with van der Waals surface area (Å²) in [6.45, 7) is 8.35. The van der Waals surface area contributed by atoms with Gasteiger partial charge in [-0.1, -0.05) is 17.3 Å². The lowest BCUT2D eigenvalue weighted by Crippen LogP contribution is -2.66. The van der Waals surface area contributed by atoms with Crippen LogP contribution in [0.3, 0.4) is 0 Å². The maximum atomic E-state index is 13.3. The van der Waals surface area contributed by atoms with Crippen LogP contribution >= 0.6 is 7.82 Å². The molecule has 0 aromatic rings. The van der Waals surface area contributed by atoms with Crippen LogP contribution in [-0.4, -0.2) is 80.8 Å². The molecule has 0 aromatic carbocycles. The topological polar surface area (TPSA) is 211 Å². The minimum absolute atomic E-state index is 0.282. The van der Waals surface area contributed by atoms with Crippen molar-refractivity contribution in [2.45, 2.75) is 51.4 Å². The highest BCUT2D eigenvalue weighted by Crippen LogP contribution is 2.52. The van der Waals surface area contributed by atoms with E-state index in [1.807, 2.05) is 0 Å². The molecular formula is C20H29N4O12P. The Morgan fingerprint density at radius 3 is 2.08 bits per heavy atom. The molecule has 1 fully saturated rings. The van der Waals surface area contributed by atoms with Crippen molar-refractivity contribution in [2.75, 3.05) is 26.4 Å². The second kappa shape index (κ2) is 15.8. The van der Waals surface area contributed by atoms with Crippen LogP contribution in [0.5, 0.6) is 0 Å². The fourth-order valence-corrected chi connectivity index (χ4v) is 4.19. The van der Waals surface area contributed by atoms with Gasteiger partial charge in [0.15, 0.2) is 18.5 Å². The van der Waals surface area contributed by atoms with Crippen LogP contribution in [0.4, 0.5) is 0 Å². The summed E-state index contributed by atoms with van der Waals surface area (Å²) < 4.78 is 50.4. The van der Waals surface area contributed by atoms with Gasteiger partial charge in [0.1, 0.15) is 25.3 Å². The zero-order chi connectivity index (χ0) is 28.0. The summed E-state index contributed by atoms with van der Waals surface area (Å²) in [5.74, 6) is -3.29. The summed E-state index contributed by atoms with van der Waals surface area (Å²) in [6, 6.07) is -1.52. The normalized spacial score (nSPS) is 23.1. The zero-order valence-electron chi connectivity index (χ0n) is 20.5. The Labute approximate surface area is 212 Å². The van der Waals surface area contributed by atoms with E-state index in [-0.39, 0.29) is 13.2 Å². The van der Waals surface area contributed by atoms with Gasteiger partial charge in [0.2, 0.25) is 5.91 Å². The number of carbonyl (C=O) groups is 4. The van der Waals surface area contributed by atoms with Crippen LogP contribution < -0.4 is 5.32 Å². The van der Waals surface area contributed by atoms with Gasteiger partial charge in [-0.05, 0) is 5.53 Å². The first-order valence-corrected chi connectivity index (χ1v) is 12.1. The van der Waals surface area contributed by atoms with Gasteiger partial charge in [-0.15, -0.1) is 13.2 Å². The van der Waals surface area contributed by atoms with Crippen molar-refractivity contribution in [3.05, 3.63) is 35.8 Å². The van der Waals surface area contributed by atoms with Crippen LogP contribution in [0.15, 0.2) is 30.4 Å². The minimum Gasteiger partial charge on any atom is -0.463 e. The number of hydrogen-bond donors (Lipinski definition) is 1. The molecule has 5 atom stereocenters. The summed E-state index contributed by atoms with van der Waals surface area (Å²) in [7, 11) is -4.45. The van der Waals surface area contributed by atoms with Crippen molar-refractivity contribution in [1.29, 1.82) is 0 Å². The van der Waals surface area contributed by atoms with Crippen LogP contribution in [-0.2, 0) is 56.3 Å². The number of rotatable bonds is 15. The van der Waals surface area contributed by atoms with Gasteiger partial charge < -0.3 is 24.3 Å². The highest BCUT2D eigenvalue weighted by Gasteiger charge is 2.53. The minimum atomic E-state index is -4.45. The van der Waals surface area contributed by atoms with Crippen molar-refractivity contribution in [3.63, 3.8) is 0 Å². The second-order valence-electron chi connectivity index (χ2n) is 7.20. The molecule has 0 aromatic heterocycles. The van der Waals surface area contributed by atoms with Gasteiger partial charge in [-0.2, -0.15) is 0 Å². The van der Waals surface area contributed by atoms with E-state index in [4.69, 9.17) is 38.0 Å². The maximum absolute atomic E-state index is 13.3. The van der Waals surface area contributed by atoms with E-state index in [9.17, 15) is 23.7 Å². The number of carbonyl (C=O) groups excluding carboxylic acids is 4. The molecule has 206 valence electrons. The lowest BCUT2D eigenvalue weighted by molar-refractivity contribution is -0.260. The number of esters is 3. The molecule has 0 aliphatic carbocycles. The maximum Gasteiger partial charge on any atom is 0.477 e. The van der Waals surface area contributed by atoms with E-state index < -0.39 is 75.4 Å². The summed E-state index contributed by atoms with van der Waals surface area (Å²) in [5, 5.41) is 5.53. The van der Waals surface area contributed by atoms with Crippen LogP contribution in [0, 0.1) is 0 Å². The number of hydrogen-bond acceptors (Lipinski definition) is 13. The molecule has 1 aliphatic rings. The van der Waals surface area contributed by atoms with E-state index in [0.29, 0.717) is 0 Å². The molecule has 1 heterocycles. The Balaban J connectivity index is 3.56. The monoisotopic (exact) mass is 548 g/mol.